The topological polar surface area (TPSA) is 53.3 Å². The van der Waals surface area contributed by atoms with Crippen LogP contribution in [0.5, 0.6) is 0 Å². The fourth-order valence-corrected chi connectivity index (χ4v) is 2.12. The standard InChI is InChI=1S/C10H10N2O2S/c1-12(8-3-2-4-15-8)9(13)10(5-11)6-14-7-10/h2-4H,6-7H2,1H3. The van der Waals surface area contributed by atoms with E-state index >= 15 is 0 Å². The van der Waals surface area contributed by atoms with Crippen molar-refractivity contribution < 1.29 is 9.53 Å². The minimum Gasteiger partial charge on any atom is -0.377 e. The molecule has 0 bridgehead atoms. The zero-order valence-corrected chi connectivity index (χ0v) is 9.08. The van der Waals surface area contributed by atoms with Gasteiger partial charge >= 0.3 is 0 Å². The van der Waals surface area contributed by atoms with E-state index in [0.29, 0.717) is 0 Å². The maximum absolute atomic E-state index is 12.0. The van der Waals surface area contributed by atoms with Gasteiger partial charge in [0.2, 0.25) is 0 Å². The Balaban J connectivity index is 2.18. The third-order valence-corrected chi connectivity index (χ3v) is 3.41. The van der Waals surface area contributed by atoms with E-state index in [9.17, 15) is 4.79 Å². The number of amides is 1. The van der Waals surface area contributed by atoms with Crippen LogP contribution in [-0.4, -0.2) is 26.2 Å². The summed E-state index contributed by atoms with van der Waals surface area (Å²) in [4.78, 5) is 13.5. The van der Waals surface area contributed by atoms with E-state index in [0.717, 1.165) is 5.00 Å². The van der Waals surface area contributed by atoms with Gasteiger partial charge in [0, 0.05) is 7.05 Å². The second-order valence-corrected chi connectivity index (χ2v) is 4.43. The lowest BCUT2D eigenvalue weighted by Crippen LogP contribution is -2.53. The fourth-order valence-electron chi connectivity index (χ4n) is 1.42. The first-order valence-corrected chi connectivity index (χ1v) is 5.38. The van der Waals surface area contributed by atoms with Crippen LogP contribution < -0.4 is 4.90 Å². The van der Waals surface area contributed by atoms with E-state index in [-0.39, 0.29) is 19.1 Å². The maximum Gasteiger partial charge on any atom is 0.252 e. The smallest absolute Gasteiger partial charge is 0.252 e. The molecule has 4 nitrogen and oxygen atoms in total. The van der Waals surface area contributed by atoms with Crippen molar-refractivity contribution in [3.8, 4) is 6.07 Å². The summed E-state index contributed by atoms with van der Waals surface area (Å²) in [6, 6.07) is 5.78. The maximum atomic E-state index is 12.0. The van der Waals surface area contributed by atoms with Crippen molar-refractivity contribution in [3.05, 3.63) is 17.5 Å². The van der Waals surface area contributed by atoms with Crippen LogP contribution in [0.25, 0.3) is 0 Å². The van der Waals surface area contributed by atoms with Crippen LogP contribution in [0.15, 0.2) is 17.5 Å². The molecule has 0 saturated carbocycles. The highest BCUT2D eigenvalue weighted by Gasteiger charge is 2.48. The van der Waals surface area contributed by atoms with Gasteiger partial charge in [-0.15, -0.1) is 11.3 Å². The minimum absolute atomic E-state index is 0.182. The summed E-state index contributed by atoms with van der Waals surface area (Å²) in [6.45, 7) is 0.413. The molecule has 0 spiro atoms. The molecule has 5 heteroatoms. The molecule has 1 aromatic rings. The molecule has 15 heavy (non-hydrogen) atoms. The highest BCUT2D eigenvalue weighted by atomic mass is 32.1. The van der Waals surface area contributed by atoms with Gasteiger partial charge < -0.3 is 9.64 Å². The fraction of sp³-hybridized carbons (Fsp3) is 0.400. The molecule has 0 atom stereocenters. The van der Waals surface area contributed by atoms with Crippen molar-refractivity contribution in [2.24, 2.45) is 5.41 Å². The summed E-state index contributed by atoms with van der Waals surface area (Å²) in [5.41, 5.74) is -0.960. The Morgan fingerprint density at radius 3 is 2.87 bits per heavy atom. The molecule has 1 aliphatic rings. The average Bonchev–Trinajstić information content (AvgIpc) is 2.68. The van der Waals surface area contributed by atoms with Gasteiger partial charge in [0.1, 0.15) is 0 Å². The Bertz CT molecular complexity index is 404. The van der Waals surface area contributed by atoms with E-state index in [2.05, 4.69) is 0 Å². The molecule has 1 aliphatic heterocycles. The Labute approximate surface area is 91.7 Å². The number of ether oxygens (including phenoxy) is 1. The van der Waals surface area contributed by atoms with Crippen molar-refractivity contribution in [2.45, 2.75) is 0 Å². The molecule has 0 radical (unpaired) electrons. The van der Waals surface area contributed by atoms with Gasteiger partial charge in [-0.2, -0.15) is 5.26 Å². The molecule has 0 unspecified atom stereocenters. The van der Waals surface area contributed by atoms with Crippen LogP contribution in [0, 0.1) is 16.7 Å². The number of hydrogen-bond acceptors (Lipinski definition) is 4. The van der Waals surface area contributed by atoms with E-state index < -0.39 is 5.41 Å². The van der Waals surface area contributed by atoms with Gasteiger partial charge in [0.15, 0.2) is 5.41 Å². The van der Waals surface area contributed by atoms with Gasteiger partial charge in [-0.25, -0.2) is 0 Å². The lowest BCUT2D eigenvalue weighted by atomic mass is 9.86. The molecule has 1 aromatic heterocycles. The SMILES string of the molecule is CN(C(=O)C1(C#N)COC1)c1cccs1. The van der Waals surface area contributed by atoms with Crippen molar-refractivity contribution in [1.82, 2.24) is 0 Å². The number of carbonyl (C=O) groups is 1. The summed E-state index contributed by atoms with van der Waals surface area (Å²) >= 11 is 1.48. The van der Waals surface area contributed by atoms with Crippen molar-refractivity contribution in [2.75, 3.05) is 25.2 Å². The largest absolute Gasteiger partial charge is 0.377 e. The van der Waals surface area contributed by atoms with Crippen LogP contribution in [-0.2, 0) is 9.53 Å². The monoisotopic (exact) mass is 222 g/mol. The van der Waals surface area contributed by atoms with E-state index in [1.807, 2.05) is 23.6 Å². The van der Waals surface area contributed by atoms with Gasteiger partial charge in [0.05, 0.1) is 24.3 Å². The molecule has 1 amide bonds. The summed E-state index contributed by atoms with van der Waals surface area (Å²) < 4.78 is 4.95. The van der Waals surface area contributed by atoms with Crippen LogP contribution in [0.2, 0.25) is 0 Å². The Morgan fingerprint density at radius 2 is 2.47 bits per heavy atom. The molecule has 2 heterocycles. The highest BCUT2D eigenvalue weighted by Crippen LogP contribution is 2.31. The second kappa shape index (κ2) is 3.65. The first-order valence-electron chi connectivity index (χ1n) is 4.50. The first kappa shape index (κ1) is 10.1. The predicted molar refractivity (Wildman–Crippen MR) is 56.6 cm³/mol. The molecule has 0 N–H and O–H groups in total. The summed E-state index contributed by atoms with van der Waals surface area (Å²) in [6.07, 6.45) is 0. The molecule has 0 aromatic carbocycles. The molecular formula is C10H10N2O2S. The van der Waals surface area contributed by atoms with Crippen LogP contribution >= 0.6 is 11.3 Å². The van der Waals surface area contributed by atoms with Gasteiger partial charge in [-0.3, -0.25) is 4.79 Å². The van der Waals surface area contributed by atoms with Crippen molar-refractivity contribution >= 4 is 22.2 Å². The van der Waals surface area contributed by atoms with E-state index in [4.69, 9.17) is 10.00 Å². The summed E-state index contributed by atoms with van der Waals surface area (Å²) in [7, 11) is 1.69. The lowest BCUT2D eigenvalue weighted by Gasteiger charge is -2.35. The number of thiophene rings is 1. The molecule has 1 saturated heterocycles. The van der Waals surface area contributed by atoms with Crippen molar-refractivity contribution in [1.29, 1.82) is 5.26 Å². The Hall–Kier alpha value is -1.38. The third-order valence-electron chi connectivity index (χ3n) is 2.46. The molecule has 78 valence electrons. The molecule has 0 aliphatic carbocycles. The summed E-state index contributed by atoms with van der Waals surface area (Å²) in [5.74, 6) is -0.182. The van der Waals surface area contributed by atoms with Gasteiger partial charge in [-0.05, 0) is 17.5 Å². The first-order chi connectivity index (χ1) is 7.19. The zero-order valence-electron chi connectivity index (χ0n) is 8.27. The Morgan fingerprint density at radius 1 is 1.73 bits per heavy atom. The van der Waals surface area contributed by atoms with Crippen LogP contribution in [0.3, 0.4) is 0 Å². The minimum atomic E-state index is -0.960. The van der Waals surface area contributed by atoms with E-state index in [1.165, 1.54) is 16.2 Å². The average molecular weight is 222 g/mol. The zero-order chi connectivity index (χ0) is 10.9. The Kier molecular flexibility index (Phi) is 2.47. The van der Waals surface area contributed by atoms with Crippen LogP contribution in [0.1, 0.15) is 0 Å². The van der Waals surface area contributed by atoms with E-state index in [1.54, 1.807) is 7.05 Å². The van der Waals surface area contributed by atoms with Crippen LogP contribution in [0.4, 0.5) is 5.00 Å². The number of carbonyl (C=O) groups excluding carboxylic acids is 1. The predicted octanol–water partition coefficient (Wildman–Crippen LogP) is 1.25. The highest BCUT2D eigenvalue weighted by molar-refractivity contribution is 7.14. The van der Waals surface area contributed by atoms with Gasteiger partial charge in [0.25, 0.3) is 5.91 Å². The second-order valence-electron chi connectivity index (χ2n) is 3.50. The molecule has 2 rings (SSSR count). The number of anilines is 1. The number of hydrogen-bond donors (Lipinski definition) is 0. The molecule has 1 fully saturated rings. The number of nitrogens with zero attached hydrogens (tertiary/aromatic N) is 2. The number of nitriles is 1. The van der Waals surface area contributed by atoms with Gasteiger partial charge in [-0.1, -0.05) is 0 Å². The third kappa shape index (κ3) is 1.52. The summed E-state index contributed by atoms with van der Waals surface area (Å²) in [5, 5.41) is 11.7. The number of rotatable bonds is 2. The molecular weight excluding hydrogens is 212 g/mol. The quantitative estimate of drug-likeness (QED) is 0.756. The van der Waals surface area contributed by atoms with Crippen molar-refractivity contribution in [3.63, 3.8) is 0 Å². The lowest BCUT2D eigenvalue weighted by molar-refractivity contribution is -0.146. The normalized spacial score (nSPS) is 17.6.